The number of aliphatic hydroxyl groups is 5. The molecule has 6 heteroatoms. The van der Waals surface area contributed by atoms with E-state index >= 15 is 0 Å². The minimum absolute atomic E-state index is 0.415. The van der Waals surface area contributed by atoms with Crippen LogP contribution in [0.15, 0.2) is 0 Å². The van der Waals surface area contributed by atoms with Gasteiger partial charge in [0, 0.05) is 0 Å². The molecule has 6 N–H and O–H groups in total. The summed E-state index contributed by atoms with van der Waals surface area (Å²) in [6.07, 6.45) is -5.45. The lowest BCUT2D eigenvalue weighted by Crippen LogP contribution is -2.65. The average Bonchev–Trinajstić information content (AvgIpc) is 2.08. The minimum atomic E-state index is -1.43. The van der Waals surface area contributed by atoms with Gasteiger partial charge in [-0.3, -0.25) is 5.32 Å². The first-order valence-corrected chi connectivity index (χ1v) is 3.67. The van der Waals surface area contributed by atoms with Gasteiger partial charge in [-0.1, -0.05) is 0 Å². The summed E-state index contributed by atoms with van der Waals surface area (Å²) in [5.41, 5.74) is 0. The molecule has 0 spiro atoms. The summed E-state index contributed by atoms with van der Waals surface area (Å²) in [7, 11) is 0. The monoisotopic (exact) mass is 179 g/mol. The van der Waals surface area contributed by atoms with E-state index in [9.17, 15) is 5.11 Å². The predicted octanol–water partition coefficient (Wildman–Crippen LogP) is -3.65. The van der Waals surface area contributed by atoms with Crippen LogP contribution in [0.4, 0.5) is 0 Å². The van der Waals surface area contributed by atoms with Gasteiger partial charge >= 0.3 is 0 Å². The van der Waals surface area contributed by atoms with E-state index in [1.54, 1.807) is 0 Å². The van der Waals surface area contributed by atoms with Crippen molar-refractivity contribution >= 4 is 0 Å². The van der Waals surface area contributed by atoms with Crippen LogP contribution in [0.25, 0.3) is 0 Å². The number of nitrogens with one attached hydrogen (secondary N) is 1. The molecule has 0 aromatic rings. The van der Waals surface area contributed by atoms with Crippen LogP contribution in [0.5, 0.6) is 0 Å². The van der Waals surface area contributed by atoms with Crippen LogP contribution in [0.1, 0.15) is 0 Å². The van der Waals surface area contributed by atoms with Crippen LogP contribution in [0.2, 0.25) is 0 Å². The van der Waals surface area contributed by atoms with Crippen LogP contribution < -0.4 is 5.32 Å². The smallest absolute Gasteiger partial charge is 0.134 e. The molecule has 0 radical (unpaired) electrons. The lowest BCUT2D eigenvalue weighted by Gasteiger charge is -2.38. The maximum absolute atomic E-state index is 9.18. The SMILES string of the molecule is OCC1N[C@@H](O)C(O)C(O)[C@H]1O. The Morgan fingerprint density at radius 3 is 2.00 bits per heavy atom. The summed E-state index contributed by atoms with van der Waals surface area (Å²) in [6, 6.07) is -0.807. The fourth-order valence-electron chi connectivity index (χ4n) is 1.20. The van der Waals surface area contributed by atoms with Gasteiger partial charge < -0.3 is 25.5 Å². The zero-order valence-corrected chi connectivity index (χ0v) is 6.33. The van der Waals surface area contributed by atoms with Gasteiger partial charge in [0.2, 0.25) is 0 Å². The van der Waals surface area contributed by atoms with E-state index in [-0.39, 0.29) is 0 Å². The molecular formula is C6H13NO5. The van der Waals surface area contributed by atoms with Gasteiger partial charge in [-0.25, -0.2) is 0 Å². The number of hydrogen-bond acceptors (Lipinski definition) is 6. The molecule has 0 bridgehead atoms. The Morgan fingerprint density at radius 1 is 0.917 bits per heavy atom. The molecule has 72 valence electrons. The highest BCUT2D eigenvalue weighted by atomic mass is 16.4. The quantitative estimate of drug-likeness (QED) is 0.247. The first kappa shape index (κ1) is 9.85. The largest absolute Gasteiger partial charge is 0.395 e. The van der Waals surface area contributed by atoms with Gasteiger partial charge in [0.15, 0.2) is 0 Å². The van der Waals surface area contributed by atoms with E-state index in [4.69, 9.17) is 20.4 Å². The molecule has 6 nitrogen and oxygen atoms in total. The van der Waals surface area contributed by atoms with E-state index in [0.29, 0.717) is 0 Å². The minimum Gasteiger partial charge on any atom is -0.395 e. The number of piperidine rings is 1. The Morgan fingerprint density at radius 2 is 1.50 bits per heavy atom. The third-order valence-electron chi connectivity index (χ3n) is 2.02. The maximum Gasteiger partial charge on any atom is 0.134 e. The molecule has 0 aromatic carbocycles. The van der Waals surface area contributed by atoms with Gasteiger partial charge in [-0.2, -0.15) is 0 Å². The molecule has 1 rings (SSSR count). The topological polar surface area (TPSA) is 113 Å². The Balaban J connectivity index is 2.63. The Kier molecular flexibility index (Phi) is 2.99. The van der Waals surface area contributed by atoms with E-state index in [2.05, 4.69) is 5.32 Å². The van der Waals surface area contributed by atoms with E-state index in [1.165, 1.54) is 0 Å². The first-order valence-electron chi connectivity index (χ1n) is 3.67. The third kappa shape index (κ3) is 1.58. The number of rotatable bonds is 1. The molecule has 0 saturated carbocycles. The normalized spacial score (nSPS) is 49.2. The highest BCUT2D eigenvalue weighted by Crippen LogP contribution is 2.13. The van der Waals surface area contributed by atoms with Gasteiger partial charge in [0.25, 0.3) is 0 Å². The predicted molar refractivity (Wildman–Crippen MR) is 38.0 cm³/mol. The van der Waals surface area contributed by atoms with Crippen LogP contribution in [0.3, 0.4) is 0 Å². The summed E-state index contributed by atoms with van der Waals surface area (Å²) >= 11 is 0. The zero-order chi connectivity index (χ0) is 9.30. The molecule has 1 fully saturated rings. The molecule has 1 aliphatic heterocycles. The summed E-state index contributed by atoms with van der Waals surface area (Å²) in [4.78, 5) is 0. The molecule has 1 saturated heterocycles. The van der Waals surface area contributed by atoms with Crippen molar-refractivity contribution in [2.45, 2.75) is 30.6 Å². The third-order valence-corrected chi connectivity index (χ3v) is 2.02. The van der Waals surface area contributed by atoms with Crippen molar-refractivity contribution in [3.8, 4) is 0 Å². The number of hydrogen-bond donors (Lipinski definition) is 6. The van der Waals surface area contributed by atoms with Crippen molar-refractivity contribution in [1.29, 1.82) is 0 Å². The zero-order valence-electron chi connectivity index (χ0n) is 6.33. The van der Waals surface area contributed by atoms with E-state index in [1.807, 2.05) is 0 Å². The Labute approximate surface area is 69.1 Å². The lowest BCUT2D eigenvalue weighted by atomic mass is 9.95. The second-order valence-corrected chi connectivity index (χ2v) is 2.87. The van der Waals surface area contributed by atoms with Gasteiger partial charge in [-0.15, -0.1) is 0 Å². The lowest BCUT2D eigenvalue weighted by molar-refractivity contribution is -0.161. The van der Waals surface area contributed by atoms with Crippen molar-refractivity contribution in [2.24, 2.45) is 0 Å². The Hall–Kier alpha value is -0.240. The van der Waals surface area contributed by atoms with Crippen molar-refractivity contribution in [1.82, 2.24) is 5.32 Å². The van der Waals surface area contributed by atoms with Crippen LogP contribution in [-0.4, -0.2) is 62.7 Å². The second kappa shape index (κ2) is 3.65. The van der Waals surface area contributed by atoms with Gasteiger partial charge in [-0.05, 0) is 0 Å². The van der Waals surface area contributed by atoms with Gasteiger partial charge in [0.05, 0.1) is 12.6 Å². The first-order chi connectivity index (χ1) is 5.57. The number of aliphatic hydroxyl groups excluding tert-OH is 5. The Bertz CT molecular complexity index is 150. The van der Waals surface area contributed by atoms with Crippen molar-refractivity contribution < 1.29 is 25.5 Å². The molecule has 1 aliphatic rings. The van der Waals surface area contributed by atoms with Crippen molar-refractivity contribution in [3.63, 3.8) is 0 Å². The molecule has 0 aliphatic carbocycles. The molecule has 1 heterocycles. The fraction of sp³-hybridized carbons (Fsp3) is 1.00. The fourth-order valence-corrected chi connectivity index (χ4v) is 1.20. The van der Waals surface area contributed by atoms with E-state index < -0.39 is 37.2 Å². The second-order valence-electron chi connectivity index (χ2n) is 2.87. The molecular weight excluding hydrogens is 166 g/mol. The van der Waals surface area contributed by atoms with E-state index in [0.717, 1.165) is 0 Å². The van der Waals surface area contributed by atoms with Crippen LogP contribution in [0, 0.1) is 0 Å². The highest BCUT2D eigenvalue weighted by molar-refractivity contribution is 4.93. The summed E-state index contributed by atoms with van der Waals surface area (Å²) in [6.45, 7) is -0.415. The molecule has 0 aromatic heterocycles. The maximum atomic E-state index is 9.18. The van der Waals surface area contributed by atoms with Gasteiger partial charge in [0.1, 0.15) is 24.5 Å². The summed E-state index contributed by atoms with van der Waals surface area (Å²) in [5.74, 6) is 0. The molecule has 12 heavy (non-hydrogen) atoms. The molecule has 3 unspecified atom stereocenters. The summed E-state index contributed by atoms with van der Waals surface area (Å²) in [5, 5.41) is 47.3. The highest BCUT2D eigenvalue weighted by Gasteiger charge is 2.40. The summed E-state index contributed by atoms with van der Waals surface area (Å²) < 4.78 is 0. The average molecular weight is 179 g/mol. The molecule has 5 atom stereocenters. The van der Waals surface area contributed by atoms with Crippen LogP contribution >= 0.6 is 0 Å². The van der Waals surface area contributed by atoms with Crippen molar-refractivity contribution in [3.05, 3.63) is 0 Å². The standard InChI is InChI=1S/C6H13NO5/c8-1-2-3(9)4(10)5(11)6(12)7-2/h2-12H,1H2/t2?,3-,4?,5?,6-/m0/s1. The molecule has 0 amide bonds. The van der Waals surface area contributed by atoms with Crippen molar-refractivity contribution in [2.75, 3.05) is 6.61 Å². The van der Waals surface area contributed by atoms with Crippen LogP contribution in [-0.2, 0) is 0 Å².